The van der Waals surface area contributed by atoms with Gasteiger partial charge in [-0.1, -0.05) is 54.5 Å². The second-order valence-corrected chi connectivity index (χ2v) is 9.78. The number of para-hydroxylation sites is 1. The summed E-state index contributed by atoms with van der Waals surface area (Å²) in [5.41, 5.74) is 1.57. The first-order valence-corrected chi connectivity index (χ1v) is 12.6. The smallest absolute Gasteiger partial charge is 0.247 e. The summed E-state index contributed by atoms with van der Waals surface area (Å²) >= 11 is 1.49. The molecular weight excluding hydrogens is 465 g/mol. The molecule has 2 heterocycles. The number of thiophene rings is 1. The van der Waals surface area contributed by atoms with Gasteiger partial charge in [0.15, 0.2) is 0 Å². The van der Waals surface area contributed by atoms with Crippen molar-refractivity contribution in [1.29, 1.82) is 0 Å². The van der Waals surface area contributed by atoms with Crippen molar-refractivity contribution < 1.29 is 14.0 Å². The molecule has 2 aromatic carbocycles. The number of benzene rings is 2. The van der Waals surface area contributed by atoms with Crippen molar-refractivity contribution in [2.24, 2.45) is 0 Å². The van der Waals surface area contributed by atoms with Crippen LogP contribution in [0.4, 0.5) is 4.39 Å². The molecule has 1 saturated carbocycles. The quantitative estimate of drug-likeness (QED) is 0.395. The highest BCUT2D eigenvalue weighted by Crippen LogP contribution is 2.29. The molecule has 5 rings (SSSR count). The molecule has 0 saturated heterocycles. The molecule has 0 aliphatic heterocycles. The molecule has 1 atom stereocenters. The van der Waals surface area contributed by atoms with Gasteiger partial charge >= 0.3 is 0 Å². The van der Waals surface area contributed by atoms with Crippen molar-refractivity contribution in [3.8, 4) is 0 Å². The topological polar surface area (TPSA) is 80.1 Å². The minimum atomic E-state index is -1.11. The van der Waals surface area contributed by atoms with Gasteiger partial charge in [-0.3, -0.25) is 9.59 Å². The molecule has 4 aromatic rings. The summed E-state index contributed by atoms with van der Waals surface area (Å²) in [5, 5.41) is 13.3. The monoisotopic (exact) mass is 491 g/mol. The van der Waals surface area contributed by atoms with E-state index in [4.69, 9.17) is 0 Å². The number of nitrogens with zero attached hydrogens (tertiary/aromatic N) is 4. The minimum Gasteiger partial charge on any atom is -0.351 e. The summed E-state index contributed by atoms with van der Waals surface area (Å²) in [6, 6.07) is 16.3. The SMILES string of the molecule is O=C(NC1CCCC1)C(c1ccccc1F)N(Cc1cccs1)C(=O)Cn1nnc2ccccc21. The van der Waals surface area contributed by atoms with Crippen molar-refractivity contribution >= 4 is 34.2 Å². The number of hydrogen-bond donors (Lipinski definition) is 1. The van der Waals surface area contributed by atoms with Crippen LogP contribution in [0.25, 0.3) is 11.0 Å². The maximum atomic E-state index is 15.1. The van der Waals surface area contributed by atoms with Crippen LogP contribution in [-0.2, 0) is 22.7 Å². The van der Waals surface area contributed by atoms with Gasteiger partial charge in [0.05, 0.1) is 12.1 Å². The summed E-state index contributed by atoms with van der Waals surface area (Å²) in [6.45, 7) is 0.0633. The van der Waals surface area contributed by atoms with Crippen LogP contribution in [0, 0.1) is 5.82 Å². The average molecular weight is 492 g/mol. The van der Waals surface area contributed by atoms with E-state index in [9.17, 15) is 9.59 Å². The van der Waals surface area contributed by atoms with Gasteiger partial charge in [-0.25, -0.2) is 9.07 Å². The van der Waals surface area contributed by atoms with E-state index in [-0.39, 0.29) is 36.5 Å². The highest BCUT2D eigenvalue weighted by molar-refractivity contribution is 7.09. The van der Waals surface area contributed by atoms with Crippen LogP contribution in [0.5, 0.6) is 0 Å². The number of fused-ring (bicyclic) bond motifs is 1. The summed E-state index contributed by atoms with van der Waals surface area (Å²) in [7, 11) is 0. The molecule has 1 N–H and O–H groups in total. The van der Waals surface area contributed by atoms with E-state index in [0.29, 0.717) is 5.52 Å². The fourth-order valence-corrected chi connectivity index (χ4v) is 5.35. The van der Waals surface area contributed by atoms with Crippen molar-refractivity contribution in [2.45, 2.75) is 50.9 Å². The first kappa shape index (κ1) is 23.2. The van der Waals surface area contributed by atoms with E-state index in [1.807, 2.05) is 41.8 Å². The lowest BCUT2D eigenvalue weighted by molar-refractivity contribution is -0.142. The molecule has 1 aliphatic rings. The second-order valence-electron chi connectivity index (χ2n) is 8.75. The average Bonchev–Trinajstić information content (AvgIpc) is 3.63. The number of halogens is 1. The second kappa shape index (κ2) is 10.4. The third-order valence-corrected chi connectivity index (χ3v) is 7.25. The van der Waals surface area contributed by atoms with Crippen molar-refractivity contribution in [2.75, 3.05) is 0 Å². The van der Waals surface area contributed by atoms with Crippen LogP contribution in [0.2, 0.25) is 0 Å². The molecule has 2 aromatic heterocycles. The van der Waals surface area contributed by atoms with Crippen LogP contribution in [-0.4, -0.2) is 37.7 Å². The van der Waals surface area contributed by atoms with E-state index in [1.165, 1.54) is 27.0 Å². The summed E-state index contributed by atoms with van der Waals surface area (Å²) in [5.74, 6) is -1.23. The van der Waals surface area contributed by atoms with Crippen LogP contribution < -0.4 is 5.32 Å². The van der Waals surface area contributed by atoms with Gasteiger partial charge in [0, 0.05) is 16.5 Å². The zero-order chi connectivity index (χ0) is 24.2. The fraction of sp³-hybridized carbons (Fsp3) is 0.308. The first-order valence-electron chi connectivity index (χ1n) is 11.7. The molecule has 0 radical (unpaired) electrons. The number of nitrogens with one attached hydrogen (secondary N) is 1. The lowest BCUT2D eigenvalue weighted by Gasteiger charge is -2.32. The fourth-order valence-electron chi connectivity index (χ4n) is 4.64. The highest BCUT2D eigenvalue weighted by Gasteiger charge is 2.35. The Morgan fingerprint density at radius 1 is 1.09 bits per heavy atom. The Hall–Kier alpha value is -3.59. The predicted molar refractivity (Wildman–Crippen MR) is 132 cm³/mol. The van der Waals surface area contributed by atoms with Crippen molar-refractivity contribution in [1.82, 2.24) is 25.2 Å². The molecule has 1 aliphatic carbocycles. The van der Waals surface area contributed by atoms with E-state index in [2.05, 4.69) is 15.6 Å². The van der Waals surface area contributed by atoms with Gasteiger partial charge < -0.3 is 10.2 Å². The molecule has 0 spiro atoms. The Morgan fingerprint density at radius 2 is 1.86 bits per heavy atom. The van der Waals surface area contributed by atoms with Gasteiger partial charge in [0.1, 0.15) is 23.9 Å². The Morgan fingerprint density at radius 3 is 2.63 bits per heavy atom. The van der Waals surface area contributed by atoms with E-state index < -0.39 is 11.9 Å². The van der Waals surface area contributed by atoms with Crippen molar-refractivity contribution in [3.05, 3.63) is 82.3 Å². The first-order chi connectivity index (χ1) is 17.1. The Balaban J connectivity index is 1.52. The Labute approximate surface area is 206 Å². The standard InChI is InChI=1S/C26H26FN5O2S/c27-21-12-4-3-11-20(21)25(26(34)28-18-8-1-2-9-18)31(16-19-10-7-15-35-19)24(33)17-32-23-14-6-5-13-22(23)29-30-32/h3-7,10-15,18,25H,1-2,8-9,16-17H2,(H,28,34). The molecule has 1 unspecified atom stereocenters. The van der Waals surface area contributed by atoms with E-state index in [1.54, 1.807) is 18.2 Å². The van der Waals surface area contributed by atoms with Crippen LogP contribution in [0.3, 0.4) is 0 Å². The number of aromatic nitrogens is 3. The largest absolute Gasteiger partial charge is 0.351 e. The molecule has 7 nitrogen and oxygen atoms in total. The molecule has 35 heavy (non-hydrogen) atoms. The highest BCUT2D eigenvalue weighted by atomic mass is 32.1. The van der Waals surface area contributed by atoms with Crippen LogP contribution in [0.1, 0.15) is 42.2 Å². The van der Waals surface area contributed by atoms with Gasteiger partial charge in [-0.15, -0.1) is 16.4 Å². The molecule has 9 heteroatoms. The molecule has 1 fully saturated rings. The van der Waals surface area contributed by atoms with Crippen molar-refractivity contribution in [3.63, 3.8) is 0 Å². The van der Waals surface area contributed by atoms with E-state index >= 15 is 4.39 Å². The number of hydrogen-bond acceptors (Lipinski definition) is 5. The zero-order valence-electron chi connectivity index (χ0n) is 19.1. The maximum absolute atomic E-state index is 15.1. The molecular formula is C26H26FN5O2S. The minimum absolute atomic E-state index is 0.0368. The third kappa shape index (κ3) is 5.09. The number of amides is 2. The Bertz CT molecular complexity index is 1320. The summed E-state index contributed by atoms with van der Waals surface area (Å²) in [6.07, 6.45) is 3.87. The van der Waals surface area contributed by atoms with Crippen LogP contribution in [0.15, 0.2) is 66.0 Å². The third-order valence-electron chi connectivity index (χ3n) is 6.39. The maximum Gasteiger partial charge on any atom is 0.247 e. The molecule has 2 amide bonds. The van der Waals surface area contributed by atoms with E-state index in [0.717, 1.165) is 36.1 Å². The zero-order valence-corrected chi connectivity index (χ0v) is 20.0. The Kier molecular flexibility index (Phi) is 6.85. The number of carbonyl (C=O) groups excluding carboxylic acids is 2. The van der Waals surface area contributed by atoms with Gasteiger partial charge in [0.2, 0.25) is 11.8 Å². The lowest BCUT2D eigenvalue weighted by atomic mass is 10.0. The number of carbonyl (C=O) groups is 2. The van der Waals surface area contributed by atoms with Gasteiger partial charge in [-0.05, 0) is 42.5 Å². The summed E-state index contributed by atoms with van der Waals surface area (Å²) < 4.78 is 16.6. The summed E-state index contributed by atoms with van der Waals surface area (Å²) in [4.78, 5) is 29.8. The van der Waals surface area contributed by atoms with Crippen LogP contribution >= 0.6 is 11.3 Å². The predicted octanol–water partition coefficient (Wildman–Crippen LogP) is 4.46. The molecule has 180 valence electrons. The number of rotatable bonds is 8. The normalized spacial score (nSPS) is 14.8. The lowest BCUT2D eigenvalue weighted by Crippen LogP contribution is -2.47. The van der Waals surface area contributed by atoms with Gasteiger partial charge in [0.25, 0.3) is 0 Å². The molecule has 0 bridgehead atoms. The van der Waals surface area contributed by atoms with Gasteiger partial charge in [-0.2, -0.15) is 0 Å².